The molecule has 1 heterocycles. The summed E-state index contributed by atoms with van der Waals surface area (Å²) in [6, 6.07) is 7.54. The predicted molar refractivity (Wildman–Crippen MR) is 65.5 cm³/mol. The van der Waals surface area contributed by atoms with Gasteiger partial charge in [0.15, 0.2) is 5.78 Å². The standard InChI is InChI=1S/C13H10N2O3/c1-9-4-5-11(15(17)18)7-12(9)13(16)10-3-2-6-14-8-10/h2-8H,1H3. The van der Waals surface area contributed by atoms with Crippen molar-refractivity contribution >= 4 is 11.5 Å². The van der Waals surface area contributed by atoms with Crippen molar-refractivity contribution in [3.63, 3.8) is 0 Å². The van der Waals surface area contributed by atoms with E-state index in [4.69, 9.17) is 0 Å². The van der Waals surface area contributed by atoms with Crippen LogP contribution < -0.4 is 0 Å². The summed E-state index contributed by atoms with van der Waals surface area (Å²) >= 11 is 0. The quantitative estimate of drug-likeness (QED) is 0.471. The van der Waals surface area contributed by atoms with Crippen molar-refractivity contribution in [2.45, 2.75) is 6.92 Å². The number of hydrogen-bond donors (Lipinski definition) is 0. The fourth-order valence-corrected chi connectivity index (χ4v) is 1.62. The zero-order valence-corrected chi connectivity index (χ0v) is 9.66. The van der Waals surface area contributed by atoms with Crippen LogP contribution in [0.1, 0.15) is 21.5 Å². The molecular weight excluding hydrogens is 232 g/mol. The number of nitrogens with zero attached hydrogens (tertiary/aromatic N) is 2. The van der Waals surface area contributed by atoms with Crippen molar-refractivity contribution < 1.29 is 9.72 Å². The van der Waals surface area contributed by atoms with Crippen LogP contribution in [0.4, 0.5) is 5.69 Å². The highest BCUT2D eigenvalue weighted by Gasteiger charge is 2.16. The monoisotopic (exact) mass is 242 g/mol. The number of nitro groups is 1. The lowest BCUT2D eigenvalue weighted by Gasteiger charge is -2.04. The van der Waals surface area contributed by atoms with E-state index in [9.17, 15) is 14.9 Å². The van der Waals surface area contributed by atoms with Crippen molar-refractivity contribution in [2.24, 2.45) is 0 Å². The molecule has 5 nitrogen and oxygen atoms in total. The minimum Gasteiger partial charge on any atom is -0.289 e. The van der Waals surface area contributed by atoms with Crippen molar-refractivity contribution in [1.29, 1.82) is 0 Å². The number of rotatable bonds is 3. The molecule has 0 unspecified atom stereocenters. The first-order chi connectivity index (χ1) is 8.59. The maximum absolute atomic E-state index is 12.2. The summed E-state index contributed by atoms with van der Waals surface area (Å²) in [5.41, 5.74) is 1.36. The molecule has 0 amide bonds. The molecule has 0 aliphatic heterocycles. The number of non-ortho nitro benzene ring substituents is 1. The number of carbonyl (C=O) groups excluding carboxylic acids is 1. The predicted octanol–water partition coefficient (Wildman–Crippen LogP) is 2.53. The number of aromatic nitrogens is 1. The largest absolute Gasteiger partial charge is 0.289 e. The molecule has 1 aromatic heterocycles. The Balaban J connectivity index is 2.48. The third kappa shape index (κ3) is 2.24. The van der Waals surface area contributed by atoms with E-state index in [2.05, 4.69) is 4.98 Å². The molecule has 1 aromatic carbocycles. The number of nitro benzene ring substituents is 1. The lowest BCUT2D eigenvalue weighted by atomic mass is 10.00. The average molecular weight is 242 g/mol. The summed E-state index contributed by atoms with van der Waals surface area (Å²) in [6.07, 6.45) is 3.01. The van der Waals surface area contributed by atoms with E-state index in [0.29, 0.717) is 16.7 Å². The number of pyridine rings is 1. The Morgan fingerprint density at radius 3 is 2.72 bits per heavy atom. The van der Waals surface area contributed by atoms with Crippen LogP contribution in [0.15, 0.2) is 42.7 Å². The summed E-state index contributed by atoms with van der Waals surface area (Å²) < 4.78 is 0. The van der Waals surface area contributed by atoms with Crippen molar-refractivity contribution in [2.75, 3.05) is 0 Å². The molecule has 0 saturated heterocycles. The number of aryl methyl sites for hydroxylation is 1. The molecule has 0 atom stereocenters. The SMILES string of the molecule is Cc1ccc([N+](=O)[O-])cc1C(=O)c1cccnc1. The Morgan fingerprint density at radius 1 is 1.33 bits per heavy atom. The first kappa shape index (κ1) is 11.9. The molecule has 2 aromatic rings. The van der Waals surface area contributed by atoms with Gasteiger partial charge in [0.25, 0.3) is 5.69 Å². The van der Waals surface area contributed by atoms with E-state index in [-0.39, 0.29) is 11.5 Å². The van der Waals surface area contributed by atoms with Gasteiger partial charge in [-0.05, 0) is 24.6 Å². The van der Waals surface area contributed by atoms with Gasteiger partial charge in [0, 0.05) is 35.7 Å². The van der Waals surface area contributed by atoms with Crippen LogP contribution in [0.2, 0.25) is 0 Å². The molecule has 0 aliphatic carbocycles. The van der Waals surface area contributed by atoms with Crippen LogP contribution in [0.3, 0.4) is 0 Å². The van der Waals surface area contributed by atoms with Gasteiger partial charge in [-0.2, -0.15) is 0 Å². The van der Waals surface area contributed by atoms with Crippen molar-refractivity contribution in [1.82, 2.24) is 4.98 Å². The second kappa shape index (κ2) is 4.75. The molecule has 0 spiro atoms. The van der Waals surface area contributed by atoms with E-state index in [0.717, 1.165) is 0 Å². The minimum absolute atomic E-state index is 0.0900. The molecule has 90 valence electrons. The highest BCUT2D eigenvalue weighted by Crippen LogP contribution is 2.20. The first-order valence-corrected chi connectivity index (χ1v) is 5.29. The average Bonchev–Trinajstić information content (AvgIpc) is 2.39. The normalized spacial score (nSPS) is 10.1. The van der Waals surface area contributed by atoms with Crippen LogP contribution in [-0.2, 0) is 0 Å². The van der Waals surface area contributed by atoms with Gasteiger partial charge >= 0.3 is 0 Å². The highest BCUT2D eigenvalue weighted by atomic mass is 16.6. The first-order valence-electron chi connectivity index (χ1n) is 5.29. The van der Waals surface area contributed by atoms with Gasteiger partial charge in [0.1, 0.15) is 0 Å². The maximum atomic E-state index is 12.2. The smallest absolute Gasteiger partial charge is 0.270 e. The second-order valence-corrected chi connectivity index (χ2v) is 3.83. The molecule has 18 heavy (non-hydrogen) atoms. The summed E-state index contributed by atoms with van der Waals surface area (Å²) in [5.74, 6) is -0.260. The molecule has 0 radical (unpaired) electrons. The van der Waals surface area contributed by atoms with Crippen LogP contribution in [0.25, 0.3) is 0 Å². The van der Waals surface area contributed by atoms with Gasteiger partial charge in [0.05, 0.1) is 4.92 Å². The Labute approximate surface area is 103 Å². The van der Waals surface area contributed by atoms with E-state index < -0.39 is 4.92 Å². The summed E-state index contributed by atoms with van der Waals surface area (Å²) in [5, 5.41) is 10.7. The van der Waals surface area contributed by atoms with Crippen LogP contribution >= 0.6 is 0 Å². The number of carbonyl (C=O) groups is 1. The van der Waals surface area contributed by atoms with E-state index in [1.165, 1.54) is 18.3 Å². The second-order valence-electron chi connectivity index (χ2n) is 3.83. The topological polar surface area (TPSA) is 73.1 Å². The molecular formula is C13H10N2O3. The van der Waals surface area contributed by atoms with Crippen molar-refractivity contribution in [3.8, 4) is 0 Å². The third-order valence-electron chi connectivity index (χ3n) is 2.60. The summed E-state index contributed by atoms with van der Waals surface area (Å²) in [7, 11) is 0. The molecule has 0 aliphatic rings. The molecule has 5 heteroatoms. The van der Waals surface area contributed by atoms with Crippen LogP contribution in [0, 0.1) is 17.0 Å². The lowest BCUT2D eigenvalue weighted by molar-refractivity contribution is -0.384. The number of hydrogen-bond acceptors (Lipinski definition) is 4. The van der Waals surface area contributed by atoms with E-state index in [1.807, 2.05) is 0 Å². The lowest BCUT2D eigenvalue weighted by Crippen LogP contribution is -2.05. The zero-order valence-electron chi connectivity index (χ0n) is 9.66. The molecule has 2 rings (SSSR count). The minimum atomic E-state index is -0.514. The maximum Gasteiger partial charge on any atom is 0.270 e. The fourth-order valence-electron chi connectivity index (χ4n) is 1.62. The van der Waals surface area contributed by atoms with Crippen LogP contribution in [0.5, 0.6) is 0 Å². The molecule has 0 saturated carbocycles. The fraction of sp³-hybridized carbons (Fsp3) is 0.0769. The van der Waals surface area contributed by atoms with Gasteiger partial charge < -0.3 is 0 Å². The Kier molecular flexibility index (Phi) is 3.14. The summed E-state index contributed by atoms with van der Waals surface area (Å²) in [6.45, 7) is 1.74. The van der Waals surface area contributed by atoms with Gasteiger partial charge in [-0.1, -0.05) is 6.07 Å². The Bertz CT molecular complexity index is 609. The van der Waals surface area contributed by atoms with E-state index >= 15 is 0 Å². The van der Waals surface area contributed by atoms with Gasteiger partial charge in [-0.15, -0.1) is 0 Å². The number of ketones is 1. The van der Waals surface area contributed by atoms with Gasteiger partial charge in [-0.3, -0.25) is 19.9 Å². The molecule has 0 N–H and O–H groups in total. The summed E-state index contributed by atoms with van der Waals surface area (Å²) in [4.78, 5) is 26.2. The highest BCUT2D eigenvalue weighted by molar-refractivity contribution is 6.10. The van der Waals surface area contributed by atoms with Crippen LogP contribution in [-0.4, -0.2) is 15.7 Å². The molecule has 0 fully saturated rings. The number of benzene rings is 1. The Morgan fingerprint density at radius 2 is 2.11 bits per heavy atom. The van der Waals surface area contributed by atoms with Crippen molar-refractivity contribution in [3.05, 3.63) is 69.5 Å². The third-order valence-corrected chi connectivity index (χ3v) is 2.60. The van der Waals surface area contributed by atoms with Gasteiger partial charge in [0.2, 0.25) is 0 Å². The zero-order chi connectivity index (χ0) is 13.1. The van der Waals surface area contributed by atoms with Gasteiger partial charge in [-0.25, -0.2) is 0 Å². The van der Waals surface area contributed by atoms with E-state index in [1.54, 1.807) is 31.3 Å². The molecule has 0 bridgehead atoms. The Hall–Kier alpha value is -2.56.